The molecule has 1 atom stereocenters. The third-order valence-corrected chi connectivity index (χ3v) is 5.73. The average Bonchev–Trinajstić information content (AvgIpc) is 3.03. The summed E-state index contributed by atoms with van der Waals surface area (Å²) in [5.74, 6) is -0.00292. The second kappa shape index (κ2) is 7.83. The molecule has 2 aliphatic heterocycles. The molecule has 0 bridgehead atoms. The number of amides is 2. The molecule has 0 unspecified atom stereocenters. The number of rotatable bonds is 4. The number of aryl methyl sites for hydroxylation is 1. The van der Waals surface area contributed by atoms with Gasteiger partial charge in [0.2, 0.25) is 5.91 Å². The molecule has 4 rings (SSSR count). The number of ether oxygens (including phenoxy) is 1. The summed E-state index contributed by atoms with van der Waals surface area (Å²) in [4.78, 5) is 31.4. The fourth-order valence-electron chi connectivity index (χ4n) is 4.06. The van der Waals surface area contributed by atoms with E-state index < -0.39 is 6.04 Å². The van der Waals surface area contributed by atoms with Gasteiger partial charge in [0.15, 0.2) is 0 Å². The van der Waals surface area contributed by atoms with E-state index in [0.29, 0.717) is 24.5 Å². The number of anilines is 2. The summed E-state index contributed by atoms with van der Waals surface area (Å²) in [6.45, 7) is 4.67. The van der Waals surface area contributed by atoms with E-state index in [1.165, 1.54) is 17.0 Å². The highest BCUT2D eigenvalue weighted by atomic mass is 19.1. The van der Waals surface area contributed by atoms with Gasteiger partial charge < -0.3 is 9.64 Å². The Morgan fingerprint density at radius 3 is 2.34 bits per heavy atom. The van der Waals surface area contributed by atoms with Gasteiger partial charge in [-0.15, -0.1) is 0 Å². The number of carbonyl (C=O) groups is 2. The van der Waals surface area contributed by atoms with Crippen LogP contribution in [-0.4, -0.2) is 56.0 Å². The van der Waals surface area contributed by atoms with E-state index >= 15 is 0 Å². The van der Waals surface area contributed by atoms with Crippen LogP contribution in [0.1, 0.15) is 12.0 Å². The Kier molecular flexibility index (Phi) is 5.24. The van der Waals surface area contributed by atoms with E-state index in [1.807, 2.05) is 19.1 Å². The largest absolute Gasteiger partial charge is 0.497 e. The number of hydrogen-bond acceptors (Lipinski definition) is 5. The molecule has 2 aliphatic rings. The zero-order chi connectivity index (χ0) is 20.5. The van der Waals surface area contributed by atoms with Crippen molar-refractivity contribution < 1.29 is 18.7 Å². The quantitative estimate of drug-likeness (QED) is 0.743. The summed E-state index contributed by atoms with van der Waals surface area (Å²) in [6.07, 6.45) is 0.187. The first kappa shape index (κ1) is 19.4. The lowest BCUT2D eigenvalue weighted by atomic mass is 10.1. The molecular weight excluding hydrogens is 373 g/mol. The fourth-order valence-corrected chi connectivity index (χ4v) is 4.06. The first-order valence-electron chi connectivity index (χ1n) is 9.74. The molecule has 29 heavy (non-hydrogen) atoms. The van der Waals surface area contributed by atoms with Crippen LogP contribution in [0.5, 0.6) is 5.75 Å². The number of nitrogens with zero attached hydrogens (tertiary/aromatic N) is 3. The molecule has 2 aromatic carbocycles. The Morgan fingerprint density at radius 1 is 1.00 bits per heavy atom. The topological polar surface area (TPSA) is 53.1 Å². The van der Waals surface area contributed by atoms with Gasteiger partial charge in [-0.05, 0) is 42.8 Å². The minimum Gasteiger partial charge on any atom is -0.497 e. The standard InChI is InChI=1S/C22H24FN3O3/c1-15-3-8-18(29-2)13-19(15)26-21(27)14-20(22(26)28)25-11-9-24(10-12-25)17-6-4-16(23)5-7-17/h3-8,13,20H,9-12,14H2,1-2H3/t20-/m1/s1. The summed E-state index contributed by atoms with van der Waals surface area (Å²) in [7, 11) is 1.56. The van der Waals surface area contributed by atoms with Gasteiger partial charge in [-0.2, -0.15) is 0 Å². The Bertz CT molecular complexity index is 923. The third kappa shape index (κ3) is 3.70. The maximum atomic E-state index is 13.1. The van der Waals surface area contributed by atoms with Gasteiger partial charge in [-0.25, -0.2) is 9.29 Å². The first-order chi connectivity index (χ1) is 14.0. The highest BCUT2D eigenvalue weighted by molar-refractivity contribution is 6.22. The van der Waals surface area contributed by atoms with Crippen LogP contribution < -0.4 is 14.5 Å². The zero-order valence-electron chi connectivity index (χ0n) is 16.6. The van der Waals surface area contributed by atoms with Gasteiger partial charge in [0.1, 0.15) is 11.6 Å². The molecule has 0 aromatic heterocycles. The van der Waals surface area contributed by atoms with Crippen molar-refractivity contribution in [1.29, 1.82) is 0 Å². The predicted octanol–water partition coefficient (Wildman–Crippen LogP) is 2.60. The molecule has 0 spiro atoms. The van der Waals surface area contributed by atoms with Crippen molar-refractivity contribution in [2.75, 3.05) is 43.1 Å². The number of halogens is 1. The average molecular weight is 397 g/mol. The van der Waals surface area contributed by atoms with Gasteiger partial charge in [0, 0.05) is 37.9 Å². The third-order valence-electron chi connectivity index (χ3n) is 5.73. The van der Waals surface area contributed by atoms with Crippen LogP contribution in [0.4, 0.5) is 15.8 Å². The maximum absolute atomic E-state index is 13.1. The summed E-state index contributed by atoms with van der Waals surface area (Å²) < 4.78 is 18.4. The maximum Gasteiger partial charge on any atom is 0.251 e. The van der Waals surface area contributed by atoms with E-state index in [9.17, 15) is 14.0 Å². The Hall–Kier alpha value is -2.93. The van der Waals surface area contributed by atoms with Crippen molar-refractivity contribution in [3.8, 4) is 5.75 Å². The van der Waals surface area contributed by atoms with Gasteiger partial charge in [0.05, 0.1) is 25.3 Å². The van der Waals surface area contributed by atoms with Crippen molar-refractivity contribution in [1.82, 2.24) is 4.90 Å². The normalized spacial score (nSPS) is 20.4. The SMILES string of the molecule is COc1ccc(C)c(N2C(=O)C[C@@H](N3CCN(c4ccc(F)cc4)CC3)C2=O)c1. The molecule has 0 radical (unpaired) electrons. The molecular formula is C22H24FN3O3. The number of hydrogen-bond donors (Lipinski definition) is 0. The van der Waals surface area contributed by atoms with Gasteiger partial charge in [-0.3, -0.25) is 14.5 Å². The van der Waals surface area contributed by atoms with Crippen LogP contribution in [0.3, 0.4) is 0 Å². The highest BCUT2D eigenvalue weighted by Gasteiger charge is 2.43. The number of benzene rings is 2. The molecule has 7 heteroatoms. The molecule has 0 aliphatic carbocycles. The summed E-state index contributed by atoms with van der Waals surface area (Å²) in [5.41, 5.74) is 2.41. The highest BCUT2D eigenvalue weighted by Crippen LogP contribution is 2.32. The van der Waals surface area contributed by atoms with E-state index in [4.69, 9.17) is 4.74 Å². The number of piperazine rings is 1. The van der Waals surface area contributed by atoms with Crippen LogP contribution in [0, 0.1) is 12.7 Å². The number of imide groups is 1. The van der Waals surface area contributed by atoms with Crippen molar-refractivity contribution >= 4 is 23.2 Å². The smallest absolute Gasteiger partial charge is 0.251 e. The van der Waals surface area contributed by atoms with E-state index in [2.05, 4.69) is 9.80 Å². The first-order valence-corrected chi connectivity index (χ1v) is 9.74. The fraction of sp³-hybridized carbons (Fsp3) is 0.364. The summed E-state index contributed by atoms with van der Waals surface area (Å²) >= 11 is 0. The van der Waals surface area contributed by atoms with Crippen molar-refractivity contribution in [2.24, 2.45) is 0 Å². The Morgan fingerprint density at radius 2 is 1.69 bits per heavy atom. The zero-order valence-corrected chi connectivity index (χ0v) is 16.6. The predicted molar refractivity (Wildman–Crippen MR) is 109 cm³/mol. The van der Waals surface area contributed by atoms with Crippen LogP contribution >= 0.6 is 0 Å². The lowest BCUT2D eigenvalue weighted by Crippen LogP contribution is -2.52. The molecule has 0 saturated carbocycles. The molecule has 2 fully saturated rings. The van der Waals surface area contributed by atoms with E-state index in [-0.39, 0.29) is 24.1 Å². The number of methoxy groups -OCH3 is 1. The lowest BCUT2D eigenvalue weighted by Gasteiger charge is -2.38. The molecule has 6 nitrogen and oxygen atoms in total. The van der Waals surface area contributed by atoms with Crippen LogP contribution in [-0.2, 0) is 9.59 Å². The molecule has 0 N–H and O–H groups in total. The Balaban J connectivity index is 1.46. The van der Waals surface area contributed by atoms with Crippen LogP contribution in [0.25, 0.3) is 0 Å². The van der Waals surface area contributed by atoms with Crippen molar-refractivity contribution in [3.63, 3.8) is 0 Å². The second-order valence-electron chi connectivity index (χ2n) is 7.44. The van der Waals surface area contributed by atoms with Crippen LogP contribution in [0.15, 0.2) is 42.5 Å². The molecule has 2 saturated heterocycles. The molecule has 152 valence electrons. The van der Waals surface area contributed by atoms with Crippen molar-refractivity contribution in [2.45, 2.75) is 19.4 Å². The van der Waals surface area contributed by atoms with Crippen LogP contribution in [0.2, 0.25) is 0 Å². The van der Waals surface area contributed by atoms with Gasteiger partial charge >= 0.3 is 0 Å². The lowest BCUT2D eigenvalue weighted by molar-refractivity contribution is -0.123. The minimum absolute atomic E-state index is 0.179. The Labute approximate surface area is 169 Å². The van der Waals surface area contributed by atoms with Gasteiger partial charge in [0.25, 0.3) is 5.91 Å². The van der Waals surface area contributed by atoms with E-state index in [0.717, 1.165) is 24.3 Å². The van der Waals surface area contributed by atoms with E-state index in [1.54, 1.807) is 25.3 Å². The number of carbonyl (C=O) groups excluding carboxylic acids is 2. The minimum atomic E-state index is -0.441. The summed E-state index contributed by atoms with van der Waals surface area (Å²) in [6, 6.07) is 11.4. The second-order valence-corrected chi connectivity index (χ2v) is 7.44. The van der Waals surface area contributed by atoms with Gasteiger partial charge in [-0.1, -0.05) is 6.07 Å². The summed E-state index contributed by atoms with van der Waals surface area (Å²) in [5, 5.41) is 0. The van der Waals surface area contributed by atoms with Crippen molar-refractivity contribution in [3.05, 3.63) is 53.8 Å². The molecule has 2 aromatic rings. The monoisotopic (exact) mass is 397 g/mol. The molecule has 2 heterocycles. The molecule has 2 amide bonds.